The van der Waals surface area contributed by atoms with Crippen molar-refractivity contribution in [3.8, 4) is 0 Å². The van der Waals surface area contributed by atoms with Crippen molar-refractivity contribution in [1.82, 2.24) is 14.5 Å². The Labute approximate surface area is 112 Å². The van der Waals surface area contributed by atoms with Crippen molar-refractivity contribution in [2.75, 3.05) is 12.8 Å². The lowest BCUT2D eigenvalue weighted by molar-refractivity contribution is 0.307. The lowest BCUT2D eigenvalue weighted by atomic mass is 10.2. The summed E-state index contributed by atoms with van der Waals surface area (Å²) in [6, 6.07) is 5.74. The van der Waals surface area contributed by atoms with Gasteiger partial charge in [0.1, 0.15) is 5.82 Å². The molecule has 0 bridgehead atoms. The highest BCUT2D eigenvalue weighted by Gasteiger charge is 2.06. The summed E-state index contributed by atoms with van der Waals surface area (Å²) in [7, 11) is 4.05. The number of imidazole rings is 1. The van der Waals surface area contributed by atoms with Gasteiger partial charge in [0, 0.05) is 26.0 Å². The molecular formula is C13H17ClN4. The highest BCUT2D eigenvalue weighted by Crippen LogP contribution is 2.20. The molecular weight excluding hydrogens is 248 g/mol. The molecule has 5 heteroatoms. The van der Waals surface area contributed by atoms with E-state index in [2.05, 4.69) is 16.9 Å². The Hall–Kier alpha value is -1.52. The number of hydrogen-bond donors (Lipinski definition) is 1. The van der Waals surface area contributed by atoms with Crippen molar-refractivity contribution >= 4 is 17.3 Å². The molecule has 96 valence electrons. The molecule has 0 saturated carbocycles. The fourth-order valence-corrected chi connectivity index (χ4v) is 2.03. The molecule has 2 aromatic rings. The molecule has 2 rings (SSSR count). The molecule has 0 radical (unpaired) electrons. The van der Waals surface area contributed by atoms with Gasteiger partial charge >= 0.3 is 0 Å². The molecule has 2 N–H and O–H groups in total. The second-order valence-corrected chi connectivity index (χ2v) is 4.89. The zero-order chi connectivity index (χ0) is 13.1. The topological polar surface area (TPSA) is 47.1 Å². The van der Waals surface area contributed by atoms with Crippen LogP contribution in [0.2, 0.25) is 5.02 Å². The monoisotopic (exact) mass is 264 g/mol. The summed E-state index contributed by atoms with van der Waals surface area (Å²) in [5.74, 6) is 1.04. The third-order valence-electron chi connectivity index (χ3n) is 2.85. The van der Waals surface area contributed by atoms with Crippen LogP contribution in [0.25, 0.3) is 0 Å². The van der Waals surface area contributed by atoms with E-state index in [0.29, 0.717) is 10.7 Å². The Bertz CT molecular complexity index is 536. The van der Waals surface area contributed by atoms with Crippen molar-refractivity contribution in [1.29, 1.82) is 0 Å². The predicted molar refractivity (Wildman–Crippen MR) is 74.2 cm³/mol. The minimum atomic E-state index is 0.609. The fraction of sp³-hybridized carbons (Fsp3) is 0.308. The van der Waals surface area contributed by atoms with Crippen LogP contribution in [0.5, 0.6) is 0 Å². The summed E-state index contributed by atoms with van der Waals surface area (Å²) in [6.45, 7) is 1.61. The lowest BCUT2D eigenvalue weighted by Crippen LogP contribution is -2.19. The summed E-state index contributed by atoms with van der Waals surface area (Å²) in [4.78, 5) is 6.49. The second-order valence-electron chi connectivity index (χ2n) is 4.48. The largest absolute Gasteiger partial charge is 0.398 e. The maximum Gasteiger partial charge on any atom is 0.122 e. The van der Waals surface area contributed by atoms with E-state index in [9.17, 15) is 0 Å². The van der Waals surface area contributed by atoms with Gasteiger partial charge in [-0.2, -0.15) is 0 Å². The molecule has 1 aromatic carbocycles. The number of benzene rings is 1. The van der Waals surface area contributed by atoms with Crippen LogP contribution in [-0.2, 0) is 20.1 Å². The van der Waals surface area contributed by atoms with Crippen LogP contribution in [0, 0.1) is 0 Å². The first-order valence-electron chi connectivity index (χ1n) is 5.75. The standard InChI is InChI=1S/C13H17ClN4/c1-17(9-13-16-5-6-18(13)2)8-10-3-4-12(15)11(14)7-10/h3-7H,8-9,15H2,1-2H3. The first-order chi connectivity index (χ1) is 8.56. The first kappa shape index (κ1) is 12.9. The molecule has 1 heterocycles. The van der Waals surface area contributed by atoms with E-state index in [-0.39, 0.29) is 0 Å². The molecule has 0 fully saturated rings. The Morgan fingerprint density at radius 1 is 1.39 bits per heavy atom. The van der Waals surface area contributed by atoms with E-state index in [1.165, 1.54) is 0 Å². The van der Waals surface area contributed by atoms with Crippen LogP contribution in [0.4, 0.5) is 5.69 Å². The van der Waals surface area contributed by atoms with Crippen molar-refractivity contribution in [2.24, 2.45) is 7.05 Å². The average molecular weight is 265 g/mol. The molecule has 0 aliphatic rings. The number of nitrogens with two attached hydrogens (primary N) is 1. The van der Waals surface area contributed by atoms with Gasteiger partial charge in [-0.1, -0.05) is 17.7 Å². The number of halogens is 1. The quantitative estimate of drug-likeness (QED) is 0.862. The minimum Gasteiger partial charge on any atom is -0.398 e. The van der Waals surface area contributed by atoms with Crippen molar-refractivity contribution in [3.05, 3.63) is 47.0 Å². The van der Waals surface area contributed by atoms with Gasteiger partial charge in [0.05, 0.1) is 17.3 Å². The SMILES string of the molecule is CN(Cc1ccc(N)c(Cl)c1)Cc1nccn1C. The van der Waals surface area contributed by atoms with Crippen molar-refractivity contribution in [3.63, 3.8) is 0 Å². The maximum absolute atomic E-state index is 6.01. The van der Waals surface area contributed by atoms with Gasteiger partial charge in [-0.3, -0.25) is 4.90 Å². The van der Waals surface area contributed by atoms with Gasteiger partial charge in [0.15, 0.2) is 0 Å². The number of nitrogen functional groups attached to an aromatic ring is 1. The summed E-state index contributed by atoms with van der Waals surface area (Å²) in [5, 5.41) is 0.609. The van der Waals surface area contributed by atoms with E-state index < -0.39 is 0 Å². The molecule has 4 nitrogen and oxygen atoms in total. The average Bonchev–Trinajstić information content (AvgIpc) is 2.70. The number of aromatic nitrogens is 2. The van der Waals surface area contributed by atoms with Gasteiger partial charge < -0.3 is 10.3 Å². The number of anilines is 1. The van der Waals surface area contributed by atoms with E-state index in [1.807, 2.05) is 42.2 Å². The van der Waals surface area contributed by atoms with Crippen molar-refractivity contribution < 1.29 is 0 Å². The fourth-order valence-electron chi connectivity index (χ4n) is 1.83. The molecule has 0 aliphatic heterocycles. The molecule has 0 amide bonds. The highest BCUT2D eigenvalue weighted by molar-refractivity contribution is 6.33. The smallest absolute Gasteiger partial charge is 0.122 e. The molecule has 0 aliphatic carbocycles. The summed E-state index contributed by atoms with van der Waals surface area (Å²) in [5.41, 5.74) is 7.45. The van der Waals surface area contributed by atoms with E-state index in [4.69, 9.17) is 17.3 Å². The Morgan fingerprint density at radius 3 is 2.78 bits per heavy atom. The molecule has 0 spiro atoms. The molecule has 0 unspecified atom stereocenters. The van der Waals surface area contributed by atoms with Crippen LogP contribution in [-0.4, -0.2) is 21.5 Å². The Morgan fingerprint density at radius 2 is 2.17 bits per heavy atom. The molecule has 0 saturated heterocycles. The number of aryl methyl sites for hydroxylation is 1. The van der Waals surface area contributed by atoms with E-state index >= 15 is 0 Å². The third kappa shape index (κ3) is 3.03. The zero-order valence-corrected chi connectivity index (χ0v) is 11.4. The number of rotatable bonds is 4. The minimum absolute atomic E-state index is 0.609. The summed E-state index contributed by atoms with van der Waals surface area (Å²) in [6.07, 6.45) is 3.76. The van der Waals surface area contributed by atoms with Crippen LogP contribution in [0.1, 0.15) is 11.4 Å². The predicted octanol–water partition coefficient (Wildman–Crippen LogP) is 2.29. The number of nitrogens with zero attached hydrogens (tertiary/aromatic N) is 3. The van der Waals surface area contributed by atoms with Crippen molar-refractivity contribution in [2.45, 2.75) is 13.1 Å². The van der Waals surface area contributed by atoms with Crippen LogP contribution >= 0.6 is 11.6 Å². The lowest BCUT2D eigenvalue weighted by Gasteiger charge is -2.16. The number of hydrogen-bond acceptors (Lipinski definition) is 3. The summed E-state index contributed by atoms with van der Waals surface area (Å²) < 4.78 is 2.02. The van der Waals surface area contributed by atoms with Crippen LogP contribution < -0.4 is 5.73 Å². The van der Waals surface area contributed by atoms with Crippen LogP contribution in [0.3, 0.4) is 0 Å². The van der Waals surface area contributed by atoms with Crippen LogP contribution in [0.15, 0.2) is 30.6 Å². The Kier molecular flexibility index (Phi) is 3.89. The normalized spacial score (nSPS) is 11.1. The van der Waals surface area contributed by atoms with Gasteiger partial charge in [-0.25, -0.2) is 4.98 Å². The third-order valence-corrected chi connectivity index (χ3v) is 3.18. The van der Waals surface area contributed by atoms with Gasteiger partial charge in [-0.15, -0.1) is 0 Å². The van der Waals surface area contributed by atoms with Gasteiger partial charge in [-0.05, 0) is 24.7 Å². The summed E-state index contributed by atoms with van der Waals surface area (Å²) >= 11 is 6.01. The van der Waals surface area contributed by atoms with E-state index in [1.54, 1.807) is 0 Å². The van der Waals surface area contributed by atoms with Gasteiger partial charge in [0.2, 0.25) is 0 Å². The van der Waals surface area contributed by atoms with Gasteiger partial charge in [0.25, 0.3) is 0 Å². The van der Waals surface area contributed by atoms with E-state index in [0.717, 1.165) is 24.5 Å². The second kappa shape index (κ2) is 5.42. The molecule has 1 aromatic heterocycles. The Balaban J connectivity index is 2.01. The molecule has 0 atom stereocenters. The molecule has 18 heavy (non-hydrogen) atoms. The highest BCUT2D eigenvalue weighted by atomic mass is 35.5. The zero-order valence-electron chi connectivity index (χ0n) is 10.6. The first-order valence-corrected chi connectivity index (χ1v) is 6.12. The maximum atomic E-state index is 6.01.